The monoisotopic (exact) mass is 391 g/mol. The van der Waals surface area contributed by atoms with Crippen molar-refractivity contribution in [3.05, 3.63) is 22.4 Å². The quantitative estimate of drug-likeness (QED) is 0.740. The van der Waals surface area contributed by atoms with E-state index in [9.17, 15) is 4.79 Å². The molecule has 0 bridgehead atoms. The molecule has 0 radical (unpaired) electrons. The van der Waals surface area contributed by atoms with Crippen LogP contribution in [0, 0.1) is 0 Å². The van der Waals surface area contributed by atoms with Gasteiger partial charge in [0, 0.05) is 42.6 Å². The summed E-state index contributed by atoms with van der Waals surface area (Å²) in [5, 5.41) is 5.44. The van der Waals surface area contributed by atoms with Crippen molar-refractivity contribution in [2.45, 2.75) is 63.1 Å². The summed E-state index contributed by atoms with van der Waals surface area (Å²) in [5.41, 5.74) is 0.149. The molecule has 6 heteroatoms. The molecule has 2 saturated carbocycles. The minimum absolute atomic E-state index is 0.149. The first-order valence-electron chi connectivity index (χ1n) is 10.6. The molecule has 3 fully saturated rings. The van der Waals surface area contributed by atoms with Crippen LogP contribution in [0.3, 0.4) is 0 Å². The van der Waals surface area contributed by atoms with E-state index in [4.69, 9.17) is 4.74 Å². The topological polar surface area (TPSA) is 44.8 Å². The lowest BCUT2D eigenvalue weighted by Crippen LogP contribution is -2.60. The van der Waals surface area contributed by atoms with Gasteiger partial charge in [-0.15, -0.1) is 11.3 Å². The molecule has 1 amide bonds. The van der Waals surface area contributed by atoms with Gasteiger partial charge in [-0.25, -0.2) is 0 Å². The summed E-state index contributed by atoms with van der Waals surface area (Å²) in [6, 6.07) is 4.87. The predicted octanol–water partition coefficient (Wildman–Crippen LogP) is 2.86. The summed E-state index contributed by atoms with van der Waals surface area (Å²) in [4.78, 5) is 19.1. The van der Waals surface area contributed by atoms with Gasteiger partial charge in [-0.1, -0.05) is 25.3 Å². The maximum absolute atomic E-state index is 12.8. The van der Waals surface area contributed by atoms with Crippen LogP contribution in [-0.4, -0.2) is 66.7 Å². The van der Waals surface area contributed by atoms with Gasteiger partial charge in [-0.3, -0.25) is 14.6 Å². The van der Waals surface area contributed by atoms with E-state index in [1.165, 1.54) is 49.8 Å². The molecule has 4 rings (SSSR count). The molecule has 2 aliphatic carbocycles. The highest BCUT2D eigenvalue weighted by Crippen LogP contribution is 2.34. The summed E-state index contributed by atoms with van der Waals surface area (Å²) >= 11 is 1.79. The first-order chi connectivity index (χ1) is 13.3. The Morgan fingerprint density at radius 2 is 2.04 bits per heavy atom. The standard InChI is InChI=1S/C21H33N3O2S/c25-20(16-23(18-6-7-18)15-19-5-4-14-27-19)22-17-21(8-2-1-3-9-21)24-10-12-26-13-11-24/h4-5,14,18H,1-3,6-13,15-17H2,(H,22,25). The average molecular weight is 392 g/mol. The van der Waals surface area contributed by atoms with Gasteiger partial charge in [0.15, 0.2) is 0 Å². The number of ether oxygens (including phenoxy) is 1. The Kier molecular flexibility index (Phi) is 6.48. The van der Waals surface area contributed by atoms with Crippen molar-refractivity contribution in [1.29, 1.82) is 0 Å². The molecule has 150 valence electrons. The Morgan fingerprint density at radius 1 is 1.26 bits per heavy atom. The van der Waals surface area contributed by atoms with Gasteiger partial charge in [0.1, 0.15) is 0 Å². The predicted molar refractivity (Wildman–Crippen MR) is 109 cm³/mol. The van der Waals surface area contributed by atoms with Gasteiger partial charge in [-0.05, 0) is 37.1 Å². The van der Waals surface area contributed by atoms with Crippen LogP contribution >= 0.6 is 11.3 Å². The molecule has 1 aromatic heterocycles. The lowest BCUT2D eigenvalue weighted by molar-refractivity contribution is -0.123. The van der Waals surface area contributed by atoms with Crippen LogP contribution in [-0.2, 0) is 16.1 Å². The van der Waals surface area contributed by atoms with E-state index in [1.54, 1.807) is 11.3 Å². The lowest BCUT2D eigenvalue weighted by Gasteiger charge is -2.48. The molecule has 0 spiro atoms. The zero-order chi connectivity index (χ0) is 18.5. The molecule has 5 nitrogen and oxygen atoms in total. The van der Waals surface area contributed by atoms with E-state index in [-0.39, 0.29) is 11.4 Å². The largest absolute Gasteiger partial charge is 0.379 e. The molecular formula is C21H33N3O2S. The van der Waals surface area contributed by atoms with E-state index >= 15 is 0 Å². The highest BCUT2D eigenvalue weighted by Gasteiger charge is 2.39. The number of rotatable bonds is 8. The second kappa shape index (κ2) is 9.03. The molecule has 1 saturated heterocycles. The van der Waals surface area contributed by atoms with Crippen LogP contribution in [0.1, 0.15) is 49.8 Å². The third-order valence-corrected chi connectivity index (χ3v) is 7.29. The van der Waals surface area contributed by atoms with Crippen LogP contribution in [0.25, 0.3) is 0 Å². The van der Waals surface area contributed by atoms with Gasteiger partial charge in [0.2, 0.25) is 5.91 Å². The molecule has 2 heterocycles. The van der Waals surface area contributed by atoms with Crippen molar-refractivity contribution in [3.63, 3.8) is 0 Å². The Bertz CT molecular complexity index is 591. The van der Waals surface area contributed by atoms with Crippen LogP contribution in [0.4, 0.5) is 0 Å². The Morgan fingerprint density at radius 3 is 2.70 bits per heavy atom. The van der Waals surface area contributed by atoms with Crippen LogP contribution in [0.5, 0.6) is 0 Å². The number of hydrogen-bond donors (Lipinski definition) is 1. The number of amides is 1. The Labute approximate surface area is 167 Å². The number of hydrogen-bond acceptors (Lipinski definition) is 5. The number of carbonyl (C=O) groups excluding carboxylic acids is 1. The highest BCUT2D eigenvalue weighted by atomic mass is 32.1. The van der Waals surface area contributed by atoms with E-state index in [1.807, 2.05) is 0 Å². The molecule has 0 atom stereocenters. The van der Waals surface area contributed by atoms with Crippen molar-refractivity contribution >= 4 is 17.2 Å². The lowest BCUT2D eigenvalue weighted by atomic mass is 9.79. The average Bonchev–Trinajstić information content (AvgIpc) is 3.44. The van der Waals surface area contributed by atoms with Crippen LogP contribution in [0.15, 0.2) is 17.5 Å². The number of thiophene rings is 1. The summed E-state index contributed by atoms with van der Waals surface area (Å²) in [6.07, 6.45) is 8.76. The number of morpholine rings is 1. The summed E-state index contributed by atoms with van der Waals surface area (Å²) in [5.74, 6) is 0.191. The molecule has 0 unspecified atom stereocenters. The normalized spacial score (nSPS) is 23.4. The highest BCUT2D eigenvalue weighted by molar-refractivity contribution is 7.09. The fourth-order valence-corrected chi connectivity index (χ4v) is 5.44. The van der Waals surface area contributed by atoms with Crippen molar-refractivity contribution in [1.82, 2.24) is 15.1 Å². The van der Waals surface area contributed by atoms with Gasteiger partial charge < -0.3 is 10.1 Å². The van der Waals surface area contributed by atoms with Crippen molar-refractivity contribution in [3.8, 4) is 0 Å². The zero-order valence-electron chi connectivity index (χ0n) is 16.3. The Hall–Kier alpha value is -0.950. The maximum atomic E-state index is 12.8. The second-order valence-corrected chi connectivity index (χ2v) is 9.41. The van der Waals surface area contributed by atoms with Crippen LogP contribution < -0.4 is 5.32 Å². The zero-order valence-corrected chi connectivity index (χ0v) is 17.1. The van der Waals surface area contributed by atoms with Crippen LogP contribution in [0.2, 0.25) is 0 Å². The third kappa shape index (κ3) is 5.11. The van der Waals surface area contributed by atoms with E-state index in [2.05, 4.69) is 32.6 Å². The molecule has 1 aromatic rings. The smallest absolute Gasteiger partial charge is 0.234 e. The molecule has 27 heavy (non-hydrogen) atoms. The van der Waals surface area contributed by atoms with Gasteiger partial charge in [0.05, 0.1) is 19.8 Å². The first-order valence-corrected chi connectivity index (χ1v) is 11.5. The third-order valence-electron chi connectivity index (χ3n) is 6.43. The second-order valence-electron chi connectivity index (χ2n) is 8.38. The van der Waals surface area contributed by atoms with E-state index < -0.39 is 0 Å². The molecule has 0 aromatic carbocycles. The first kappa shape index (κ1) is 19.4. The van der Waals surface area contributed by atoms with Crippen molar-refractivity contribution in [2.24, 2.45) is 0 Å². The molecular weight excluding hydrogens is 358 g/mol. The summed E-state index contributed by atoms with van der Waals surface area (Å²) in [7, 11) is 0. The van der Waals surface area contributed by atoms with Crippen molar-refractivity contribution < 1.29 is 9.53 Å². The van der Waals surface area contributed by atoms with Gasteiger partial charge in [0.25, 0.3) is 0 Å². The minimum Gasteiger partial charge on any atom is -0.379 e. The SMILES string of the molecule is O=C(CN(Cc1cccs1)C1CC1)NCC1(N2CCOCC2)CCCCC1. The van der Waals surface area contributed by atoms with Gasteiger partial charge >= 0.3 is 0 Å². The maximum Gasteiger partial charge on any atom is 0.234 e. The Balaban J connectivity index is 1.33. The molecule has 1 aliphatic heterocycles. The fourth-order valence-electron chi connectivity index (χ4n) is 4.71. The van der Waals surface area contributed by atoms with Gasteiger partial charge in [-0.2, -0.15) is 0 Å². The number of carbonyl (C=O) groups is 1. The van der Waals surface area contributed by atoms with E-state index in [0.717, 1.165) is 39.4 Å². The summed E-state index contributed by atoms with van der Waals surface area (Å²) in [6.45, 7) is 5.89. The summed E-state index contributed by atoms with van der Waals surface area (Å²) < 4.78 is 5.56. The number of nitrogens with zero attached hydrogens (tertiary/aromatic N) is 2. The molecule has 1 N–H and O–H groups in total. The fraction of sp³-hybridized carbons (Fsp3) is 0.762. The van der Waals surface area contributed by atoms with E-state index in [0.29, 0.717) is 12.6 Å². The molecule has 3 aliphatic rings. The number of nitrogens with one attached hydrogen (secondary N) is 1. The minimum atomic E-state index is 0.149. The van der Waals surface area contributed by atoms with Crippen molar-refractivity contribution in [2.75, 3.05) is 39.4 Å².